The highest BCUT2D eigenvalue weighted by atomic mass is 15.2. The molecule has 0 bridgehead atoms. The molecule has 88 valence electrons. The highest BCUT2D eigenvalue weighted by Crippen LogP contribution is 2.13. The molecule has 0 aromatic carbocycles. The normalized spacial score (nSPS) is 20.3. The number of hydrogen-bond donors (Lipinski definition) is 2. The van der Waals surface area contributed by atoms with Crippen molar-refractivity contribution in [3.8, 4) is 0 Å². The standard InChI is InChI=1S/C12H20N4/c1-9(2)11-3-4-12(16-15-11)14-8-10-5-6-13-7-10/h3-4,9-10,13H,5-8H2,1-2H3,(H,14,16). The third kappa shape index (κ3) is 2.92. The molecule has 1 aliphatic heterocycles. The molecular weight excluding hydrogens is 200 g/mol. The van der Waals surface area contributed by atoms with E-state index in [-0.39, 0.29) is 0 Å². The Kier molecular flexibility index (Phi) is 3.72. The van der Waals surface area contributed by atoms with Gasteiger partial charge in [0.2, 0.25) is 0 Å². The molecule has 1 aliphatic rings. The quantitative estimate of drug-likeness (QED) is 0.809. The van der Waals surface area contributed by atoms with Crippen LogP contribution in [0.25, 0.3) is 0 Å². The van der Waals surface area contributed by atoms with Crippen LogP contribution in [-0.2, 0) is 0 Å². The van der Waals surface area contributed by atoms with Crippen LogP contribution in [0.2, 0.25) is 0 Å². The van der Waals surface area contributed by atoms with E-state index in [1.165, 1.54) is 6.42 Å². The number of rotatable bonds is 4. The van der Waals surface area contributed by atoms with Gasteiger partial charge in [-0.05, 0) is 43.5 Å². The average Bonchev–Trinajstić information content (AvgIpc) is 2.80. The van der Waals surface area contributed by atoms with Gasteiger partial charge in [0, 0.05) is 6.54 Å². The fraction of sp³-hybridized carbons (Fsp3) is 0.667. The molecule has 1 atom stereocenters. The van der Waals surface area contributed by atoms with Crippen molar-refractivity contribution >= 4 is 5.82 Å². The summed E-state index contributed by atoms with van der Waals surface area (Å²) in [6.45, 7) is 7.50. The molecule has 1 aromatic heterocycles. The first-order valence-corrected chi connectivity index (χ1v) is 6.04. The molecule has 4 nitrogen and oxygen atoms in total. The Morgan fingerprint density at radius 3 is 2.88 bits per heavy atom. The summed E-state index contributed by atoms with van der Waals surface area (Å²) in [5.74, 6) is 2.06. The maximum atomic E-state index is 4.20. The van der Waals surface area contributed by atoms with Gasteiger partial charge in [-0.1, -0.05) is 13.8 Å². The first kappa shape index (κ1) is 11.3. The van der Waals surface area contributed by atoms with Crippen molar-refractivity contribution in [1.82, 2.24) is 15.5 Å². The van der Waals surface area contributed by atoms with Crippen molar-refractivity contribution in [3.05, 3.63) is 17.8 Å². The second kappa shape index (κ2) is 5.25. The van der Waals surface area contributed by atoms with E-state index in [9.17, 15) is 0 Å². The van der Waals surface area contributed by atoms with E-state index in [0.717, 1.165) is 37.1 Å². The van der Waals surface area contributed by atoms with E-state index in [1.807, 2.05) is 12.1 Å². The molecule has 0 spiro atoms. The second-order valence-corrected chi connectivity index (χ2v) is 4.74. The Morgan fingerprint density at radius 2 is 2.31 bits per heavy atom. The van der Waals surface area contributed by atoms with Gasteiger partial charge in [0.15, 0.2) is 0 Å². The lowest BCUT2D eigenvalue weighted by Gasteiger charge is -2.10. The SMILES string of the molecule is CC(C)c1ccc(NCC2CCNC2)nn1. The first-order chi connectivity index (χ1) is 7.75. The molecule has 2 rings (SSSR count). The van der Waals surface area contributed by atoms with Crippen LogP contribution in [0, 0.1) is 5.92 Å². The summed E-state index contributed by atoms with van der Waals surface area (Å²) < 4.78 is 0. The maximum absolute atomic E-state index is 4.20. The first-order valence-electron chi connectivity index (χ1n) is 6.04. The predicted molar refractivity (Wildman–Crippen MR) is 65.6 cm³/mol. The minimum atomic E-state index is 0.445. The van der Waals surface area contributed by atoms with Gasteiger partial charge in [-0.2, -0.15) is 5.10 Å². The highest BCUT2D eigenvalue weighted by Gasteiger charge is 2.13. The molecule has 1 saturated heterocycles. The van der Waals surface area contributed by atoms with Gasteiger partial charge in [0.1, 0.15) is 5.82 Å². The van der Waals surface area contributed by atoms with Gasteiger partial charge < -0.3 is 10.6 Å². The smallest absolute Gasteiger partial charge is 0.148 e. The number of anilines is 1. The third-order valence-electron chi connectivity index (χ3n) is 3.01. The molecular formula is C12H20N4. The summed E-state index contributed by atoms with van der Waals surface area (Å²) >= 11 is 0. The highest BCUT2D eigenvalue weighted by molar-refractivity contribution is 5.33. The Hall–Kier alpha value is -1.16. The van der Waals surface area contributed by atoms with Crippen LogP contribution >= 0.6 is 0 Å². The zero-order valence-electron chi connectivity index (χ0n) is 10.0. The van der Waals surface area contributed by atoms with Crippen molar-refractivity contribution < 1.29 is 0 Å². The summed E-state index contributed by atoms with van der Waals surface area (Å²) in [4.78, 5) is 0. The van der Waals surface area contributed by atoms with Gasteiger partial charge in [-0.25, -0.2) is 0 Å². The summed E-state index contributed by atoms with van der Waals surface area (Å²) in [6.07, 6.45) is 1.25. The lowest BCUT2D eigenvalue weighted by molar-refractivity contribution is 0.613. The van der Waals surface area contributed by atoms with Gasteiger partial charge in [-0.15, -0.1) is 5.10 Å². The summed E-state index contributed by atoms with van der Waals surface area (Å²) in [6, 6.07) is 4.07. The molecule has 0 radical (unpaired) electrons. The number of nitrogens with zero attached hydrogens (tertiary/aromatic N) is 2. The summed E-state index contributed by atoms with van der Waals surface area (Å²) in [5.41, 5.74) is 1.05. The van der Waals surface area contributed by atoms with E-state index < -0.39 is 0 Å². The van der Waals surface area contributed by atoms with Crippen molar-refractivity contribution in [1.29, 1.82) is 0 Å². The van der Waals surface area contributed by atoms with Gasteiger partial charge in [-0.3, -0.25) is 0 Å². The van der Waals surface area contributed by atoms with Crippen molar-refractivity contribution in [2.75, 3.05) is 25.0 Å². The van der Waals surface area contributed by atoms with E-state index in [4.69, 9.17) is 0 Å². The third-order valence-corrected chi connectivity index (χ3v) is 3.01. The van der Waals surface area contributed by atoms with E-state index >= 15 is 0 Å². The lowest BCUT2D eigenvalue weighted by Crippen LogP contribution is -2.17. The van der Waals surface area contributed by atoms with Crippen LogP contribution < -0.4 is 10.6 Å². The van der Waals surface area contributed by atoms with Crippen LogP contribution in [-0.4, -0.2) is 29.8 Å². The van der Waals surface area contributed by atoms with Gasteiger partial charge in [0.25, 0.3) is 0 Å². The molecule has 1 fully saturated rings. The molecule has 0 saturated carbocycles. The molecule has 2 N–H and O–H groups in total. The fourth-order valence-electron chi connectivity index (χ4n) is 1.88. The van der Waals surface area contributed by atoms with Crippen LogP contribution in [0.15, 0.2) is 12.1 Å². The lowest BCUT2D eigenvalue weighted by atomic mass is 10.1. The zero-order chi connectivity index (χ0) is 11.4. The summed E-state index contributed by atoms with van der Waals surface area (Å²) in [5, 5.41) is 15.1. The predicted octanol–water partition coefficient (Wildman–Crippen LogP) is 1.62. The largest absolute Gasteiger partial charge is 0.368 e. The number of hydrogen-bond acceptors (Lipinski definition) is 4. The van der Waals surface area contributed by atoms with E-state index in [2.05, 4.69) is 34.7 Å². The van der Waals surface area contributed by atoms with E-state index in [1.54, 1.807) is 0 Å². The average molecular weight is 220 g/mol. The molecule has 0 amide bonds. The topological polar surface area (TPSA) is 49.8 Å². The molecule has 16 heavy (non-hydrogen) atoms. The molecule has 2 heterocycles. The minimum absolute atomic E-state index is 0.445. The van der Waals surface area contributed by atoms with Crippen LogP contribution in [0.3, 0.4) is 0 Å². The van der Waals surface area contributed by atoms with Crippen molar-refractivity contribution in [2.45, 2.75) is 26.2 Å². The second-order valence-electron chi connectivity index (χ2n) is 4.74. The Labute approximate surface area is 96.9 Å². The van der Waals surface area contributed by atoms with Gasteiger partial charge >= 0.3 is 0 Å². The number of aromatic nitrogens is 2. The Morgan fingerprint density at radius 1 is 1.44 bits per heavy atom. The van der Waals surface area contributed by atoms with Crippen molar-refractivity contribution in [2.24, 2.45) is 5.92 Å². The maximum Gasteiger partial charge on any atom is 0.148 e. The summed E-state index contributed by atoms with van der Waals surface area (Å²) in [7, 11) is 0. The van der Waals surface area contributed by atoms with Crippen molar-refractivity contribution in [3.63, 3.8) is 0 Å². The molecule has 0 aliphatic carbocycles. The Balaban J connectivity index is 1.84. The Bertz CT molecular complexity index is 314. The van der Waals surface area contributed by atoms with E-state index in [0.29, 0.717) is 5.92 Å². The zero-order valence-corrected chi connectivity index (χ0v) is 10.0. The fourth-order valence-corrected chi connectivity index (χ4v) is 1.88. The minimum Gasteiger partial charge on any atom is -0.368 e. The van der Waals surface area contributed by atoms with Crippen LogP contribution in [0.1, 0.15) is 31.9 Å². The monoisotopic (exact) mass is 220 g/mol. The van der Waals surface area contributed by atoms with Crippen LogP contribution in [0.5, 0.6) is 0 Å². The molecule has 1 unspecified atom stereocenters. The number of nitrogens with one attached hydrogen (secondary N) is 2. The molecule has 4 heteroatoms. The van der Waals surface area contributed by atoms with Crippen LogP contribution in [0.4, 0.5) is 5.82 Å². The molecule has 1 aromatic rings. The van der Waals surface area contributed by atoms with Gasteiger partial charge in [0.05, 0.1) is 5.69 Å².